The Balaban J connectivity index is 1.44. The van der Waals surface area contributed by atoms with Crippen LogP contribution in [0, 0.1) is 5.92 Å². The van der Waals surface area contributed by atoms with Gasteiger partial charge < -0.3 is 20.1 Å². The van der Waals surface area contributed by atoms with E-state index in [1.54, 1.807) is 0 Å². The summed E-state index contributed by atoms with van der Waals surface area (Å²) in [7, 11) is 0. The van der Waals surface area contributed by atoms with Gasteiger partial charge in [0.15, 0.2) is 5.96 Å². The molecule has 0 radical (unpaired) electrons. The van der Waals surface area contributed by atoms with E-state index in [0.717, 1.165) is 37.9 Å². The number of hydrogen-bond donors (Lipinski definition) is 2. The van der Waals surface area contributed by atoms with Crippen LogP contribution < -0.4 is 10.6 Å². The largest absolute Gasteiger partial charge is 0.357 e. The molecule has 158 valence electrons. The minimum Gasteiger partial charge on any atom is -0.357 e. The van der Waals surface area contributed by atoms with Crippen molar-refractivity contribution < 1.29 is 0 Å². The molecule has 1 fully saturated rings. The second-order valence-corrected chi connectivity index (χ2v) is 8.05. The fourth-order valence-corrected chi connectivity index (χ4v) is 3.72. The number of aliphatic imine (C=N–C) groups is 1. The Kier molecular flexibility index (Phi) is 8.56. The summed E-state index contributed by atoms with van der Waals surface area (Å²) in [6.07, 6.45) is 9.49. The van der Waals surface area contributed by atoms with Crippen molar-refractivity contribution in [1.29, 1.82) is 0 Å². The van der Waals surface area contributed by atoms with Crippen molar-refractivity contribution in [2.75, 3.05) is 32.7 Å². The molecule has 0 bridgehead atoms. The minimum absolute atomic E-state index is 0.678. The van der Waals surface area contributed by atoms with Crippen molar-refractivity contribution in [2.24, 2.45) is 10.9 Å². The highest BCUT2D eigenvalue weighted by Crippen LogP contribution is 2.15. The molecule has 2 aromatic rings. The topological polar surface area (TPSA) is 57.5 Å². The van der Waals surface area contributed by atoms with Crippen LogP contribution in [-0.2, 0) is 13.1 Å². The number of nitrogens with zero attached hydrogens (tertiary/aromatic N) is 4. The maximum absolute atomic E-state index is 4.78. The first-order valence-electron chi connectivity index (χ1n) is 11.0. The van der Waals surface area contributed by atoms with Crippen molar-refractivity contribution in [3.8, 4) is 0 Å². The zero-order chi connectivity index (χ0) is 20.3. The third-order valence-electron chi connectivity index (χ3n) is 5.50. The van der Waals surface area contributed by atoms with E-state index in [1.165, 1.54) is 43.6 Å². The van der Waals surface area contributed by atoms with E-state index in [1.807, 2.05) is 18.7 Å². The summed E-state index contributed by atoms with van der Waals surface area (Å²) in [5, 5.41) is 6.85. The van der Waals surface area contributed by atoms with Gasteiger partial charge in [-0.2, -0.15) is 0 Å². The van der Waals surface area contributed by atoms with Crippen molar-refractivity contribution in [2.45, 2.75) is 46.2 Å². The minimum atomic E-state index is 0.678. The summed E-state index contributed by atoms with van der Waals surface area (Å²) in [5.41, 5.74) is 2.49. The Morgan fingerprint density at radius 3 is 2.79 bits per heavy atom. The molecule has 0 saturated carbocycles. The second-order valence-electron chi connectivity index (χ2n) is 8.05. The predicted molar refractivity (Wildman–Crippen MR) is 120 cm³/mol. The molecule has 1 aliphatic rings. The third-order valence-corrected chi connectivity index (χ3v) is 5.50. The predicted octanol–water partition coefficient (Wildman–Crippen LogP) is 3.11. The summed E-state index contributed by atoms with van der Waals surface area (Å²) >= 11 is 0. The molecule has 29 heavy (non-hydrogen) atoms. The molecule has 1 aromatic carbocycles. The van der Waals surface area contributed by atoms with Gasteiger partial charge in [-0.3, -0.25) is 0 Å². The van der Waals surface area contributed by atoms with E-state index in [2.05, 4.69) is 63.2 Å². The van der Waals surface area contributed by atoms with Gasteiger partial charge in [-0.05, 0) is 62.9 Å². The first kappa shape index (κ1) is 21.4. The highest BCUT2D eigenvalue weighted by Gasteiger charge is 2.14. The number of rotatable bonds is 9. The lowest BCUT2D eigenvalue weighted by Gasteiger charge is -2.30. The number of nitrogens with one attached hydrogen (secondary N) is 2. The molecule has 6 heteroatoms. The lowest BCUT2D eigenvalue weighted by Crippen LogP contribution is -2.39. The molecule has 0 amide bonds. The van der Waals surface area contributed by atoms with Gasteiger partial charge in [-0.1, -0.05) is 31.2 Å². The van der Waals surface area contributed by atoms with E-state index >= 15 is 0 Å². The summed E-state index contributed by atoms with van der Waals surface area (Å²) < 4.78 is 2.08. The van der Waals surface area contributed by atoms with Gasteiger partial charge in [0.25, 0.3) is 0 Å². The molecule has 0 atom stereocenters. The zero-order valence-electron chi connectivity index (χ0n) is 18.0. The van der Waals surface area contributed by atoms with E-state index in [0.29, 0.717) is 6.54 Å². The van der Waals surface area contributed by atoms with Gasteiger partial charge in [-0.25, -0.2) is 9.98 Å². The summed E-state index contributed by atoms with van der Waals surface area (Å²) in [5.74, 6) is 1.80. The number of piperidine rings is 1. The van der Waals surface area contributed by atoms with Gasteiger partial charge in [0.05, 0.1) is 12.9 Å². The van der Waals surface area contributed by atoms with E-state index < -0.39 is 0 Å². The number of imidazole rings is 1. The number of benzene rings is 1. The fourth-order valence-electron chi connectivity index (χ4n) is 3.72. The van der Waals surface area contributed by atoms with Gasteiger partial charge in [0.2, 0.25) is 0 Å². The molecule has 6 nitrogen and oxygen atoms in total. The molecular formula is C23H36N6. The Bertz CT molecular complexity index is 732. The molecule has 0 aliphatic carbocycles. The van der Waals surface area contributed by atoms with Crippen molar-refractivity contribution >= 4 is 5.96 Å². The standard InChI is InChI=1S/C23H36N6/c1-3-25-23(26-10-5-12-28-13-8-20(2)9-14-28)27-17-21-6-4-7-22(16-21)18-29-15-11-24-19-29/h4,6-7,11,15-16,19-20H,3,5,8-10,12-14,17-18H2,1-2H3,(H2,25,26,27). The fraction of sp³-hybridized carbons (Fsp3) is 0.565. The van der Waals surface area contributed by atoms with Crippen molar-refractivity contribution in [3.63, 3.8) is 0 Å². The number of hydrogen-bond acceptors (Lipinski definition) is 3. The van der Waals surface area contributed by atoms with E-state index in [4.69, 9.17) is 4.99 Å². The highest BCUT2D eigenvalue weighted by molar-refractivity contribution is 5.79. The average molecular weight is 397 g/mol. The highest BCUT2D eigenvalue weighted by atomic mass is 15.2. The number of aromatic nitrogens is 2. The number of guanidine groups is 1. The maximum atomic E-state index is 4.78. The molecule has 1 saturated heterocycles. The van der Waals surface area contributed by atoms with Gasteiger partial charge in [0, 0.05) is 32.0 Å². The Hall–Kier alpha value is -2.34. The third kappa shape index (κ3) is 7.54. The van der Waals surface area contributed by atoms with Crippen LogP contribution in [0.25, 0.3) is 0 Å². The van der Waals surface area contributed by atoms with Crippen molar-refractivity contribution in [1.82, 2.24) is 25.1 Å². The van der Waals surface area contributed by atoms with E-state index in [9.17, 15) is 0 Å². The zero-order valence-corrected chi connectivity index (χ0v) is 18.0. The maximum Gasteiger partial charge on any atom is 0.191 e. The quantitative estimate of drug-likeness (QED) is 0.388. The van der Waals surface area contributed by atoms with Crippen LogP contribution in [0.1, 0.15) is 44.2 Å². The molecule has 0 unspecified atom stereocenters. The lowest BCUT2D eigenvalue weighted by molar-refractivity contribution is 0.191. The average Bonchev–Trinajstić information content (AvgIpc) is 3.24. The van der Waals surface area contributed by atoms with Crippen molar-refractivity contribution in [3.05, 3.63) is 54.1 Å². The summed E-state index contributed by atoms with van der Waals surface area (Å²) in [6, 6.07) is 8.63. The monoisotopic (exact) mass is 396 g/mol. The number of likely N-dealkylation sites (tertiary alicyclic amines) is 1. The first-order chi connectivity index (χ1) is 14.2. The van der Waals surface area contributed by atoms with Crippen LogP contribution in [0.15, 0.2) is 48.0 Å². The van der Waals surface area contributed by atoms with Gasteiger partial charge in [-0.15, -0.1) is 0 Å². The summed E-state index contributed by atoms with van der Waals surface area (Å²) in [6.45, 7) is 11.5. The normalized spacial score (nSPS) is 16.1. The molecular weight excluding hydrogens is 360 g/mol. The molecule has 1 aliphatic heterocycles. The molecule has 0 spiro atoms. The van der Waals surface area contributed by atoms with E-state index in [-0.39, 0.29) is 0 Å². The Labute approximate surface area is 175 Å². The smallest absolute Gasteiger partial charge is 0.191 e. The van der Waals surface area contributed by atoms with Gasteiger partial charge in [0.1, 0.15) is 0 Å². The second kappa shape index (κ2) is 11.6. The Morgan fingerprint density at radius 2 is 2.03 bits per heavy atom. The molecule has 2 heterocycles. The summed E-state index contributed by atoms with van der Waals surface area (Å²) in [4.78, 5) is 11.5. The SMILES string of the molecule is CCNC(=NCc1cccc(Cn2ccnc2)c1)NCCCN1CCC(C)CC1. The molecule has 1 aromatic heterocycles. The molecule has 2 N–H and O–H groups in total. The van der Waals surface area contributed by atoms with Gasteiger partial charge >= 0.3 is 0 Å². The van der Waals surface area contributed by atoms with Crippen LogP contribution in [0.3, 0.4) is 0 Å². The van der Waals surface area contributed by atoms with Crippen LogP contribution >= 0.6 is 0 Å². The lowest BCUT2D eigenvalue weighted by atomic mass is 9.99. The van der Waals surface area contributed by atoms with Crippen LogP contribution in [0.4, 0.5) is 0 Å². The first-order valence-corrected chi connectivity index (χ1v) is 11.0. The molecule has 3 rings (SSSR count). The van der Waals surface area contributed by atoms with Crippen LogP contribution in [-0.4, -0.2) is 53.1 Å². The Morgan fingerprint density at radius 1 is 1.21 bits per heavy atom. The van der Waals surface area contributed by atoms with Crippen LogP contribution in [0.2, 0.25) is 0 Å². The van der Waals surface area contributed by atoms with Crippen LogP contribution in [0.5, 0.6) is 0 Å².